The van der Waals surface area contributed by atoms with Crippen LogP contribution in [0, 0.1) is 0 Å². The van der Waals surface area contributed by atoms with Crippen molar-refractivity contribution in [3.63, 3.8) is 0 Å². The number of carbonyl (C=O) groups excluding carboxylic acids is 1. The molecule has 2 aromatic rings. The van der Waals surface area contributed by atoms with Gasteiger partial charge in [-0.15, -0.1) is 0 Å². The van der Waals surface area contributed by atoms with E-state index in [1.807, 2.05) is 42.5 Å². The van der Waals surface area contributed by atoms with Gasteiger partial charge in [-0.05, 0) is 30.0 Å². The first-order valence-electron chi connectivity index (χ1n) is 6.55. The zero-order valence-electron chi connectivity index (χ0n) is 10.8. The molecule has 0 atom stereocenters. The third-order valence-corrected chi connectivity index (χ3v) is 3.48. The van der Waals surface area contributed by atoms with Crippen LogP contribution in [0.3, 0.4) is 0 Å². The molecule has 1 nitrogen and oxygen atoms in total. The largest absolute Gasteiger partial charge is 0.299 e. The van der Waals surface area contributed by atoms with Crippen LogP contribution >= 0.6 is 11.6 Å². The number of hydrogen-bond donors (Lipinski definition) is 0. The first-order valence-corrected chi connectivity index (χ1v) is 6.92. The highest BCUT2D eigenvalue weighted by atomic mass is 35.5. The van der Waals surface area contributed by atoms with Crippen LogP contribution in [-0.2, 0) is 17.6 Å². The van der Waals surface area contributed by atoms with Crippen molar-refractivity contribution in [1.82, 2.24) is 0 Å². The molecule has 0 unspecified atom stereocenters. The minimum Gasteiger partial charge on any atom is -0.299 e. The van der Waals surface area contributed by atoms with Crippen LogP contribution in [0.1, 0.15) is 24.0 Å². The highest BCUT2D eigenvalue weighted by Gasteiger charge is 2.06. The summed E-state index contributed by atoms with van der Waals surface area (Å²) in [5.41, 5.74) is 2.21. The Bertz CT molecular complexity index is 534. The van der Waals surface area contributed by atoms with Crippen molar-refractivity contribution in [2.24, 2.45) is 0 Å². The van der Waals surface area contributed by atoms with Gasteiger partial charge in [-0.3, -0.25) is 4.79 Å². The van der Waals surface area contributed by atoms with Crippen LogP contribution in [0.15, 0.2) is 54.6 Å². The average Bonchev–Trinajstić information content (AvgIpc) is 2.43. The minimum atomic E-state index is 0.254. The first kappa shape index (κ1) is 13.8. The molecule has 19 heavy (non-hydrogen) atoms. The fourth-order valence-electron chi connectivity index (χ4n) is 2.08. The van der Waals surface area contributed by atoms with E-state index in [0.29, 0.717) is 17.9 Å². The molecule has 0 aromatic heterocycles. The van der Waals surface area contributed by atoms with E-state index >= 15 is 0 Å². The van der Waals surface area contributed by atoms with Gasteiger partial charge in [0.25, 0.3) is 0 Å². The molecule has 0 bridgehead atoms. The van der Waals surface area contributed by atoms with E-state index in [1.54, 1.807) is 0 Å². The van der Waals surface area contributed by atoms with Gasteiger partial charge in [0.05, 0.1) is 0 Å². The average molecular weight is 273 g/mol. The van der Waals surface area contributed by atoms with E-state index < -0.39 is 0 Å². The molecule has 0 amide bonds. The van der Waals surface area contributed by atoms with Gasteiger partial charge < -0.3 is 0 Å². The number of benzene rings is 2. The second-order valence-corrected chi connectivity index (χ2v) is 5.05. The van der Waals surface area contributed by atoms with E-state index in [2.05, 4.69) is 12.1 Å². The maximum Gasteiger partial charge on any atom is 0.137 e. The summed E-state index contributed by atoms with van der Waals surface area (Å²) in [5.74, 6) is 0.254. The van der Waals surface area contributed by atoms with Gasteiger partial charge >= 0.3 is 0 Å². The number of ketones is 1. The van der Waals surface area contributed by atoms with Crippen molar-refractivity contribution in [2.45, 2.75) is 25.7 Å². The molecule has 0 radical (unpaired) electrons. The molecule has 0 fully saturated rings. The lowest BCUT2D eigenvalue weighted by Crippen LogP contribution is -2.03. The molecule has 98 valence electrons. The zero-order chi connectivity index (χ0) is 13.5. The minimum absolute atomic E-state index is 0.254. The van der Waals surface area contributed by atoms with Crippen LogP contribution in [0.5, 0.6) is 0 Å². The van der Waals surface area contributed by atoms with Crippen molar-refractivity contribution in [2.75, 3.05) is 0 Å². The topological polar surface area (TPSA) is 17.1 Å². The summed E-state index contributed by atoms with van der Waals surface area (Å²) < 4.78 is 0. The maximum atomic E-state index is 11.9. The van der Waals surface area contributed by atoms with E-state index in [1.165, 1.54) is 5.56 Å². The fraction of sp³-hybridized carbons (Fsp3) is 0.235. The van der Waals surface area contributed by atoms with Crippen molar-refractivity contribution in [3.05, 3.63) is 70.7 Å². The van der Waals surface area contributed by atoms with Crippen molar-refractivity contribution < 1.29 is 4.79 Å². The Kier molecular flexibility index (Phi) is 5.17. The van der Waals surface area contributed by atoms with Gasteiger partial charge in [-0.25, -0.2) is 0 Å². The summed E-state index contributed by atoms with van der Waals surface area (Å²) in [6.45, 7) is 0. The SMILES string of the molecule is O=C(CCCc1ccccc1)Cc1ccccc1Cl. The lowest BCUT2D eigenvalue weighted by atomic mass is 10.0. The summed E-state index contributed by atoms with van der Waals surface area (Å²) in [5, 5.41) is 0.680. The summed E-state index contributed by atoms with van der Waals surface area (Å²) >= 11 is 6.05. The molecule has 0 aliphatic rings. The smallest absolute Gasteiger partial charge is 0.137 e. The van der Waals surface area contributed by atoms with Crippen LogP contribution in [-0.4, -0.2) is 5.78 Å². The Morgan fingerprint density at radius 1 is 0.947 bits per heavy atom. The number of carbonyl (C=O) groups is 1. The van der Waals surface area contributed by atoms with Crippen LogP contribution in [0.2, 0.25) is 5.02 Å². The van der Waals surface area contributed by atoms with Crippen LogP contribution in [0.4, 0.5) is 0 Å². The van der Waals surface area contributed by atoms with Crippen LogP contribution in [0.25, 0.3) is 0 Å². The third kappa shape index (κ3) is 4.53. The Balaban J connectivity index is 1.78. The van der Waals surface area contributed by atoms with Gasteiger partial charge in [0.2, 0.25) is 0 Å². The Hall–Kier alpha value is -1.60. The van der Waals surface area contributed by atoms with E-state index in [4.69, 9.17) is 11.6 Å². The Labute approximate surface area is 119 Å². The highest BCUT2D eigenvalue weighted by molar-refractivity contribution is 6.31. The fourth-order valence-corrected chi connectivity index (χ4v) is 2.28. The molecule has 0 saturated heterocycles. The van der Waals surface area contributed by atoms with Crippen LogP contribution < -0.4 is 0 Å². The Morgan fingerprint density at radius 3 is 2.37 bits per heavy atom. The van der Waals surface area contributed by atoms with Crippen molar-refractivity contribution in [3.8, 4) is 0 Å². The van der Waals surface area contributed by atoms with Gasteiger partial charge in [-0.1, -0.05) is 60.1 Å². The maximum absolute atomic E-state index is 11.9. The lowest BCUT2D eigenvalue weighted by molar-refractivity contribution is -0.118. The number of hydrogen-bond acceptors (Lipinski definition) is 1. The molecule has 0 spiro atoms. The molecule has 2 rings (SSSR count). The molecule has 0 aliphatic heterocycles. The highest BCUT2D eigenvalue weighted by Crippen LogP contribution is 2.16. The second-order valence-electron chi connectivity index (χ2n) is 4.65. The summed E-state index contributed by atoms with van der Waals surface area (Å²) in [7, 11) is 0. The molecular weight excluding hydrogens is 256 g/mol. The van der Waals surface area contributed by atoms with E-state index in [9.17, 15) is 4.79 Å². The van der Waals surface area contributed by atoms with Crippen molar-refractivity contribution >= 4 is 17.4 Å². The zero-order valence-corrected chi connectivity index (χ0v) is 11.6. The lowest BCUT2D eigenvalue weighted by Gasteiger charge is -2.04. The first-order chi connectivity index (χ1) is 9.25. The quantitative estimate of drug-likeness (QED) is 0.758. The molecular formula is C17H17ClO. The number of Topliss-reactive ketones (excluding diaryl/α,β-unsaturated/α-hetero) is 1. The van der Waals surface area contributed by atoms with E-state index in [0.717, 1.165) is 18.4 Å². The normalized spacial score (nSPS) is 10.4. The van der Waals surface area contributed by atoms with Gasteiger partial charge in [0, 0.05) is 17.9 Å². The molecule has 0 heterocycles. The standard InChI is InChI=1S/C17H17ClO/c18-17-12-5-4-10-15(17)13-16(19)11-6-9-14-7-2-1-3-8-14/h1-5,7-8,10,12H,6,9,11,13H2. The predicted octanol–water partition coefficient (Wildman–Crippen LogP) is 4.47. The molecule has 0 aliphatic carbocycles. The molecule has 0 N–H and O–H groups in total. The third-order valence-electron chi connectivity index (χ3n) is 3.11. The number of aryl methyl sites for hydroxylation is 1. The molecule has 0 saturated carbocycles. The summed E-state index contributed by atoms with van der Waals surface area (Å²) in [4.78, 5) is 11.9. The van der Waals surface area contributed by atoms with Gasteiger partial charge in [0.1, 0.15) is 5.78 Å². The number of halogens is 1. The summed E-state index contributed by atoms with van der Waals surface area (Å²) in [6, 6.07) is 17.8. The predicted molar refractivity (Wildman–Crippen MR) is 79.5 cm³/mol. The van der Waals surface area contributed by atoms with Crippen molar-refractivity contribution in [1.29, 1.82) is 0 Å². The second kappa shape index (κ2) is 7.10. The van der Waals surface area contributed by atoms with Gasteiger partial charge in [-0.2, -0.15) is 0 Å². The molecule has 2 aromatic carbocycles. The van der Waals surface area contributed by atoms with E-state index in [-0.39, 0.29) is 5.78 Å². The number of rotatable bonds is 6. The van der Waals surface area contributed by atoms with Gasteiger partial charge in [0.15, 0.2) is 0 Å². The Morgan fingerprint density at radius 2 is 1.63 bits per heavy atom. The monoisotopic (exact) mass is 272 g/mol. The summed E-state index contributed by atoms with van der Waals surface area (Å²) in [6.07, 6.45) is 2.90. The molecule has 2 heteroatoms.